The monoisotopic (exact) mass is 362 g/mol. The molecule has 0 radical (unpaired) electrons. The predicted octanol–water partition coefficient (Wildman–Crippen LogP) is 1.68. The van der Waals surface area contributed by atoms with E-state index >= 15 is 0 Å². The number of H-pyrrole nitrogens is 1. The van der Waals surface area contributed by atoms with Crippen LogP contribution in [-0.4, -0.2) is 60.9 Å². The van der Waals surface area contributed by atoms with Crippen LogP contribution in [0.3, 0.4) is 0 Å². The van der Waals surface area contributed by atoms with Gasteiger partial charge < -0.3 is 4.90 Å². The Hall–Kier alpha value is -2.19. The Balaban J connectivity index is 1.73. The van der Waals surface area contributed by atoms with Gasteiger partial charge in [-0.25, -0.2) is 8.42 Å². The first-order valence-electron chi connectivity index (χ1n) is 8.21. The Morgan fingerprint density at radius 3 is 2.44 bits per heavy atom. The van der Waals surface area contributed by atoms with E-state index in [0.717, 1.165) is 5.69 Å². The van der Waals surface area contributed by atoms with Gasteiger partial charge in [0, 0.05) is 33.1 Å². The van der Waals surface area contributed by atoms with Crippen LogP contribution in [0.25, 0.3) is 0 Å². The van der Waals surface area contributed by atoms with Gasteiger partial charge in [-0.3, -0.25) is 9.89 Å². The van der Waals surface area contributed by atoms with E-state index in [0.29, 0.717) is 36.4 Å². The molecule has 2 heterocycles. The summed E-state index contributed by atoms with van der Waals surface area (Å²) >= 11 is 0. The van der Waals surface area contributed by atoms with E-state index in [1.165, 1.54) is 9.21 Å². The second kappa shape index (κ2) is 6.97. The van der Waals surface area contributed by atoms with Crippen LogP contribution in [0.15, 0.2) is 41.4 Å². The fourth-order valence-electron chi connectivity index (χ4n) is 3.15. The molecule has 1 N–H and O–H groups in total. The zero-order chi connectivity index (χ0) is 18.0. The smallest absolute Gasteiger partial charge is 0.256 e. The van der Waals surface area contributed by atoms with Crippen molar-refractivity contribution in [2.45, 2.75) is 23.7 Å². The molecule has 1 aromatic heterocycles. The molecule has 0 spiro atoms. The molecule has 1 aromatic carbocycles. The number of amides is 1. The van der Waals surface area contributed by atoms with Crippen LogP contribution in [0.5, 0.6) is 0 Å². The summed E-state index contributed by atoms with van der Waals surface area (Å²) in [5.74, 6) is 0.00621. The first-order valence-corrected chi connectivity index (χ1v) is 9.65. The molecule has 1 saturated heterocycles. The van der Waals surface area contributed by atoms with Crippen molar-refractivity contribution in [3.63, 3.8) is 0 Å². The number of hydrogen-bond donors (Lipinski definition) is 1. The topological polar surface area (TPSA) is 86.4 Å². The van der Waals surface area contributed by atoms with E-state index in [2.05, 4.69) is 10.2 Å². The highest BCUT2D eigenvalue weighted by molar-refractivity contribution is 7.89. The molecule has 3 rings (SSSR count). The molecule has 2 aromatic rings. The van der Waals surface area contributed by atoms with Crippen molar-refractivity contribution in [3.05, 3.63) is 47.8 Å². The Morgan fingerprint density at radius 2 is 1.84 bits per heavy atom. The van der Waals surface area contributed by atoms with Gasteiger partial charge in [0.05, 0.1) is 22.3 Å². The van der Waals surface area contributed by atoms with Gasteiger partial charge in [-0.2, -0.15) is 9.40 Å². The van der Waals surface area contributed by atoms with Crippen LogP contribution in [0.1, 0.15) is 34.8 Å². The second-order valence-corrected chi connectivity index (χ2v) is 8.33. The highest BCUT2D eigenvalue weighted by Gasteiger charge is 2.32. The van der Waals surface area contributed by atoms with Crippen molar-refractivity contribution in [1.82, 2.24) is 19.4 Å². The summed E-state index contributed by atoms with van der Waals surface area (Å²) in [5, 5.41) is 6.94. The van der Waals surface area contributed by atoms with Gasteiger partial charge in [0.15, 0.2) is 0 Å². The third-order valence-corrected chi connectivity index (χ3v) is 6.46. The SMILES string of the molecule is CN(C)C(=O)c1cn[nH]c1C1CCN(S(=O)(=O)c2ccccc2)CC1. The molecule has 7 nitrogen and oxygen atoms in total. The molecule has 0 atom stereocenters. The van der Waals surface area contributed by atoms with Crippen LogP contribution in [0.4, 0.5) is 0 Å². The maximum absolute atomic E-state index is 12.7. The number of rotatable bonds is 4. The number of benzene rings is 1. The van der Waals surface area contributed by atoms with Gasteiger partial charge in [0.25, 0.3) is 5.91 Å². The summed E-state index contributed by atoms with van der Waals surface area (Å²) in [4.78, 5) is 14.1. The molecule has 134 valence electrons. The Bertz CT molecular complexity index is 838. The number of piperidine rings is 1. The van der Waals surface area contributed by atoms with Crippen LogP contribution in [0.2, 0.25) is 0 Å². The minimum atomic E-state index is -3.46. The van der Waals surface area contributed by atoms with E-state index < -0.39 is 10.0 Å². The van der Waals surface area contributed by atoms with Gasteiger partial charge >= 0.3 is 0 Å². The van der Waals surface area contributed by atoms with Gasteiger partial charge in [-0.15, -0.1) is 0 Å². The van der Waals surface area contributed by atoms with E-state index in [1.54, 1.807) is 50.6 Å². The third-order valence-electron chi connectivity index (χ3n) is 4.55. The molecule has 0 saturated carbocycles. The lowest BCUT2D eigenvalue weighted by Gasteiger charge is -2.31. The molecular formula is C17H22N4O3S. The number of sulfonamides is 1. The van der Waals surface area contributed by atoms with Crippen LogP contribution < -0.4 is 0 Å². The van der Waals surface area contributed by atoms with Crippen molar-refractivity contribution in [3.8, 4) is 0 Å². The van der Waals surface area contributed by atoms with E-state index in [1.807, 2.05) is 0 Å². The highest BCUT2D eigenvalue weighted by Crippen LogP contribution is 2.31. The van der Waals surface area contributed by atoms with Crippen LogP contribution in [0, 0.1) is 0 Å². The van der Waals surface area contributed by atoms with Crippen molar-refractivity contribution in [1.29, 1.82) is 0 Å². The number of hydrogen-bond acceptors (Lipinski definition) is 4. The zero-order valence-corrected chi connectivity index (χ0v) is 15.2. The summed E-state index contributed by atoms with van der Waals surface area (Å²) in [6, 6.07) is 8.48. The standard InChI is InChI=1S/C17H22N4O3S/c1-20(2)17(22)15-12-18-19-16(15)13-8-10-21(11-9-13)25(23,24)14-6-4-3-5-7-14/h3-7,12-13H,8-11H2,1-2H3,(H,18,19). The normalized spacial score (nSPS) is 16.7. The Kier molecular flexibility index (Phi) is 4.91. The number of nitrogens with one attached hydrogen (secondary N) is 1. The second-order valence-electron chi connectivity index (χ2n) is 6.39. The number of carbonyl (C=O) groups excluding carboxylic acids is 1. The molecule has 0 aliphatic carbocycles. The zero-order valence-electron chi connectivity index (χ0n) is 14.3. The minimum Gasteiger partial charge on any atom is -0.345 e. The summed E-state index contributed by atoms with van der Waals surface area (Å²) in [7, 11) is -0.0568. The van der Waals surface area contributed by atoms with Crippen LogP contribution in [-0.2, 0) is 10.0 Å². The lowest BCUT2D eigenvalue weighted by Crippen LogP contribution is -2.38. The van der Waals surface area contributed by atoms with Crippen molar-refractivity contribution < 1.29 is 13.2 Å². The number of nitrogens with zero attached hydrogens (tertiary/aromatic N) is 3. The van der Waals surface area contributed by atoms with E-state index in [9.17, 15) is 13.2 Å². The first kappa shape index (κ1) is 17.6. The minimum absolute atomic E-state index is 0.0944. The fraction of sp³-hybridized carbons (Fsp3) is 0.412. The molecule has 0 unspecified atom stereocenters. The van der Waals surface area contributed by atoms with Gasteiger partial charge in [0.2, 0.25) is 10.0 Å². The summed E-state index contributed by atoms with van der Waals surface area (Å²) in [6.07, 6.45) is 2.86. The average Bonchev–Trinajstić information content (AvgIpc) is 3.11. The molecule has 25 heavy (non-hydrogen) atoms. The number of aromatic nitrogens is 2. The van der Waals surface area contributed by atoms with Crippen molar-refractivity contribution in [2.24, 2.45) is 0 Å². The van der Waals surface area contributed by atoms with Crippen molar-refractivity contribution in [2.75, 3.05) is 27.2 Å². The maximum atomic E-state index is 12.7. The largest absolute Gasteiger partial charge is 0.345 e. The van der Waals surface area contributed by atoms with Crippen LogP contribution >= 0.6 is 0 Å². The average molecular weight is 362 g/mol. The van der Waals surface area contributed by atoms with Crippen molar-refractivity contribution >= 4 is 15.9 Å². The molecule has 1 fully saturated rings. The fourth-order valence-corrected chi connectivity index (χ4v) is 4.64. The Labute approximate surface area is 147 Å². The lowest BCUT2D eigenvalue weighted by molar-refractivity contribution is 0.0825. The molecule has 0 bridgehead atoms. The molecule has 8 heteroatoms. The number of aromatic amines is 1. The highest BCUT2D eigenvalue weighted by atomic mass is 32.2. The van der Waals surface area contributed by atoms with E-state index in [4.69, 9.17) is 0 Å². The third kappa shape index (κ3) is 3.45. The molecule has 1 aliphatic heterocycles. The lowest BCUT2D eigenvalue weighted by atomic mass is 9.92. The van der Waals surface area contributed by atoms with Gasteiger partial charge in [-0.1, -0.05) is 18.2 Å². The molecule has 1 amide bonds. The summed E-state index contributed by atoms with van der Waals surface area (Å²) < 4.78 is 26.9. The Morgan fingerprint density at radius 1 is 1.20 bits per heavy atom. The predicted molar refractivity (Wildman–Crippen MR) is 93.8 cm³/mol. The first-order chi connectivity index (χ1) is 11.9. The van der Waals surface area contributed by atoms with Gasteiger partial charge in [0.1, 0.15) is 0 Å². The summed E-state index contributed by atoms with van der Waals surface area (Å²) in [6.45, 7) is 0.854. The maximum Gasteiger partial charge on any atom is 0.256 e. The number of carbonyl (C=O) groups is 1. The van der Waals surface area contributed by atoms with Gasteiger partial charge in [-0.05, 0) is 25.0 Å². The molecular weight excluding hydrogens is 340 g/mol. The quantitative estimate of drug-likeness (QED) is 0.896. The van der Waals surface area contributed by atoms with E-state index in [-0.39, 0.29) is 11.8 Å². The summed E-state index contributed by atoms with van der Waals surface area (Å²) in [5.41, 5.74) is 1.37. The molecule has 1 aliphatic rings.